The molecular formula is C20H24ClN5O3. The Labute approximate surface area is 174 Å². The first-order valence-electron chi connectivity index (χ1n) is 9.58. The van der Waals surface area contributed by atoms with Gasteiger partial charge in [0.25, 0.3) is 5.56 Å². The number of rotatable bonds is 6. The number of anilines is 1. The minimum absolute atomic E-state index is 0.00393. The number of hydrogen-bond donors (Lipinski definition) is 1. The van der Waals surface area contributed by atoms with E-state index in [1.165, 1.54) is 4.68 Å². The van der Waals surface area contributed by atoms with E-state index in [0.29, 0.717) is 18.8 Å². The number of methoxy groups -OCH3 is 1. The molecule has 1 aromatic heterocycles. The number of carbonyl (C=O) groups is 1. The van der Waals surface area contributed by atoms with Gasteiger partial charge in [0.1, 0.15) is 10.8 Å². The third-order valence-electron chi connectivity index (χ3n) is 5.69. The van der Waals surface area contributed by atoms with Gasteiger partial charge in [-0.1, -0.05) is 23.7 Å². The number of carbonyl (C=O) groups excluding carboxylic acids is 1. The average molecular weight is 418 g/mol. The van der Waals surface area contributed by atoms with Gasteiger partial charge in [0, 0.05) is 38.8 Å². The Morgan fingerprint density at radius 1 is 1.34 bits per heavy atom. The number of piperazine rings is 1. The number of nitrogens with zero attached hydrogens (tertiary/aromatic N) is 4. The summed E-state index contributed by atoms with van der Waals surface area (Å²) in [5.41, 5.74) is 1.38. The number of ether oxygens (including phenoxy) is 1. The smallest absolute Gasteiger partial charge is 0.287 e. The van der Waals surface area contributed by atoms with E-state index in [9.17, 15) is 9.59 Å². The van der Waals surface area contributed by atoms with Gasteiger partial charge in [0.05, 0.1) is 25.5 Å². The van der Waals surface area contributed by atoms with Crippen LogP contribution in [0.25, 0.3) is 0 Å². The van der Waals surface area contributed by atoms with Crippen LogP contribution in [0.4, 0.5) is 5.69 Å². The van der Waals surface area contributed by atoms with E-state index in [2.05, 4.69) is 20.2 Å². The normalized spacial score (nSPS) is 20.9. The van der Waals surface area contributed by atoms with Crippen LogP contribution in [0.3, 0.4) is 0 Å². The van der Waals surface area contributed by atoms with Gasteiger partial charge in [-0.05, 0) is 24.1 Å². The maximum absolute atomic E-state index is 12.4. The molecule has 8 nitrogen and oxygen atoms in total. The third-order valence-corrected chi connectivity index (χ3v) is 6.05. The topological polar surface area (TPSA) is 79.7 Å². The molecule has 0 radical (unpaired) electrons. The minimum Gasteiger partial charge on any atom is -0.497 e. The van der Waals surface area contributed by atoms with Crippen molar-refractivity contribution in [2.45, 2.75) is 25.0 Å². The lowest BCUT2D eigenvalue weighted by Gasteiger charge is -2.56. The summed E-state index contributed by atoms with van der Waals surface area (Å²) in [6.45, 7) is 2.30. The van der Waals surface area contributed by atoms with Crippen molar-refractivity contribution in [3.05, 3.63) is 51.4 Å². The van der Waals surface area contributed by atoms with Gasteiger partial charge in [0.15, 0.2) is 0 Å². The SMILES string of the molecule is COc1cccc(CNC(=O)CN2C3CC2CN(c2cnn(C)c(=O)c2Cl)C3)c1. The summed E-state index contributed by atoms with van der Waals surface area (Å²) in [5.74, 6) is 0.780. The Kier molecular flexibility index (Phi) is 5.47. The van der Waals surface area contributed by atoms with Crippen molar-refractivity contribution in [2.75, 3.05) is 31.6 Å². The number of amides is 1. The van der Waals surface area contributed by atoms with E-state index in [0.717, 1.165) is 30.8 Å². The standard InChI is InChI=1S/C20H24ClN5O3/c1-24-20(28)19(21)17(9-23-24)25-10-14-7-15(11-25)26(14)12-18(27)22-8-13-4-3-5-16(6-13)29-2/h3-6,9,14-15H,7-8,10-12H2,1-2H3,(H,22,27). The molecule has 2 aromatic rings. The number of benzene rings is 1. The summed E-state index contributed by atoms with van der Waals surface area (Å²) in [7, 11) is 3.21. The molecule has 3 aliphatic rings. The van der Waals surface area contributed by atoms with Crippen LogP contribution in [0.1, 0.15) is 12.0 Å². The van der Waals surface area contributed by atoms with Gasteiger partial charge in [-0.15, -0.1) is 0 Å². The summed E-state index contributed by atoms with van der Waals surface area (Å²) >= 11 is 6.23. The number of aromatic nitrogens is 2. The highest BCUT2D eigenvalue weighted by Gasteiger charge is 2.45. The van der Waals surface area contributed by atoms with E-state index in [1.807, 2.05) is 24.3 Å². The molecule has 1 aromatic carbocycles. The molecule has 2 unspecified atom stereocenters. The second-order valence-corrected chi connectivity index (χ2v) is 7.90. The number of fused-ring (bicyclic) bond motifs is 2. The Morgan fingerprint density at radius 3 is 2.83 bits per heavy atom. The molecule has 2 bridgehead atoms. The summed E-state index contributed by atoms with van der Waals surface area (Å²) in [6, 6.07) is 8.21. The van der Waals surface area contributed by atoms with Gasteiger partial charge in [0.2, 0.25) is 5.91 Å². The van der Waals surface area contributed by atoms with Crippen molar-refractivity contribution < 1.29 is 9.53 Å². The van der Waals surface area contributed by atoms with E-state index in [1.54, 1.807) is 20.4 Å². The fourth-order valence-electron chi connectivity index (χ4n) is 4.07. The number of nitrogens with one attached hydrogen (secondary N) is 1. The van der Waals surface area contributed by atoms with Crippen LogP contribution in [0, 0.1) is 0 Å². The first-order chi connectivity index (χ1) is 14.0. The van der Waals surface area contributed by atoms with Gasteiger partial charge < -0.3 is 15.0 Å². The second-order valence-electron chi connectivity index (χ2n) is 7.52. The molecule has 0 aliphatic carbocycles. The van der Waals surface area contributed by atoms with E-state index in [-0.39, 0.29) is 28.6 Å². The lowest BCUT2D eigenvalue weighted by Crippen LogP contribution is -2.70. The van der Waals surface area contributed by atoms with E-state index >= 15 is 0 Å². The molecule has 29 heavy (non-hydrogen) atoms. The molecule has 5 rings (SSSR count). The van der Waals surface area contributed by atoms with Crippen LogP contribution in [-0.2, 0) is 18.4 Å². The first kappa shape index (κ1) is 19.7. The van der Waals surface area contributed by atoms with Crippen molar-refractivity contribution in [3.63, 3.8) is 0 Å². The second kappa shape index (κ2) is 8.04. The Balaban J connectivity index is 1.32. The van der Waals surface area contributed by atoms with Gasteiger partial charge in [-0.2, -0.15) is 5.10 Å². The number of halogens is 1. The Morgan fingerprint density at radius 2 is 2.10 bits per heavy atom. The zero-order valence-corrected chi connectivity index (χ0v) is 17.2. The summed E-state index contributed by atoms with van der Waals surface area (Å²) in [6.07, 6.45) is 2.69. The largest absolute Gasteiger partial charge is 0.497 e. The maximum atomic E-state index is 12.4. The average Bonchev–Trinajstić information content (AvgIpc) is 2.74. The van der Waals surface area contributed by atoms with Crippen molar-refractivity contribution in [3.8, 4) is 5.75 Å². The lowest BCUT2D eigenvalue weighted by atomic mass is 9.87. The van der Waals surface area contributed by atoms with Crippen LogP contribution in [-0.4, -0.2) is 59.4 Å². The van der Waals surface area contributed by atoms with Crippen molar-refractivity contribution in [1.82, 2.24) is 20.0 Å². The number of piperidine rings is 1. The molecule has 3 saturated heterocycles. The molecule has 4 heterocycles. The molecule has 154 valence electrons. The van der Waals surface area contributed by atoms with Crippen LogP contribution < -0.4 is 20.5 Å². The molecule has 1 amide bonds. The van der Waals surface area contributed by atoms with Crippen LogP contribution >= 0.6 is 11.6 Å². The summed E-state index contributed by atoms with van der Waals surface area (Å²) in [4.78, 5) is 28.8. The molecule has 3 aliphatic heterocycles. The van der Waals surface area contributed by atoms with Crippen molar-refractivity contribution >= 4 is 23.2 Å². The molecular weight excluding hydrogens is 394 g/mol. The van der Waals surface area contributed by atoms with Crippen molar-refractivity contribution in [1.29, 1.82) is 0 Å². The fraction of sp³-hybridized carbons (Fsp3) is 0.450. The lowest BCUT2D eigenvalue weighted by molar-refractivity contribution is -0.127. The molecule has 0 spiro atoms. The molecule has 3 fully saturated rings. The van der Waals surface area contributed by atoms with Crippen molar-refractivity contribution in [2.24, 2.45) is 7.05 Å². The van der Waals surface area contributed by atoms with Crippen LogP contribution in [0.15, 0.2) is 35.3 Å². The summed E-state index contributed by atoms with van der Waals surface area (Å²) in [5, 5.41) is 7.26. The first-order valence-corrected chi connectivity index (χ1v) is 9.96. The quantitative estimate of drug-likeness (QED) is 0.756. The van der Waals surface area contributed by atoms with Crippen LogP contribution in [0.5, 0.6) is 5.75 Å². The molecule has 0 saturated carbocycles. The Hall–Kier alpha value is -2.58. The Bertz CT molecular complexity index is 967. The van der Waals surface area contributed by atoms with Gasteiger partial charge in [-0.25, -0.2) is 4.68 Å². The highest BCUT2D eigenvalue weighted by atomic mass is 35.5. The fourth-order valence-corrected chi connectivity index (χ4v) is 4.36. The van der Waals surface area contributed by atoms with Gasteiger partial charge >= 0.3 is 0 Å². The highest BCUT2D eigenvalue weighted by Crippen LogP contribution is 2.35. The maximum Gasteiger partial charge on any atom is 0.287 e. The predicted octanol–water partition coefficient (Wildman–Crippen LogP) is 1.02. The predicted molar refractivity (Wildman–Crippen MR) is 110 cm³/mol. The van der Waals surface area contributed by atoms with E-state index in [4.69, 9.17) is 16.3 Å². The zero-order valence-electron chi connectivity index (χ0n) is 16.5. The molecule has 2 atom stereocenters. The van der Waals surface area contributed by atoms with Crippen LogP contribution in [0.2, 0.25) is 5.02 Å². The van der Waals surface area contributed by atoms with E-state index < -0.39 is 0 Å². The zero-order chi connectivity index (χ0) is 20.5. The number of aryl methyl sites for hydroxylation is 1. The van der Waals surface area contributed by atoms with Gasteiger partial charge in [-0.3, -0.25) is 14.5 Å². The number of hydrogen-bond acceptors (Lipinski definition) is 6. The molecule has 1 N–H and O–H groups in total. The summed E-state index contributed by atoms with van der Waals surface area (Å²) < 4.78 is 6.44. The third kappa shape index (κ3) is 3.95. The molecule has 9 heteroatoms. The highest BCUT2D eigenvalue weighted by molar-refractivity contribution is 6.33. The monoisotopic (exact) mass is 417 g/mol. The minimum atomic E-state index is -0.294.